The number of nitrogen functional groups attached to an aromatic ring is 1. The molecule has 0 radical (unpaired) electrons. The number of hydrogen-bond donors (Lipinski definition) is 1. The van der Waals surface area contributed by atoms with Crippen molar-refractivity contribution >= 4 is 17.7 Å². The maximum atomic E-state index is 13.6. The maximum Gasteiger partial charge on any atom is 0.235 e. The molecule has 2 heterocycles. The van der Waals surface area contributed by atoms with E-state index in [9.17, 15) is 9.18 Å². The van der Waals surface area contributed by atoms with Gasteiger partial charge in [0.1, 0.15) is 6.61 Å². The molecule has 1 aliphatic heterocycles. The lowest BCUT2D eigenvalue weighted by Gasteiger charge is -2.31. The van der Waals surface area contributed by atoms with Crippen LogP contribution in [-0.2, 0) is 11.4 Å². The predicted octanol–water partition coefficient (Wildman–Crippen LogP) is 2.45. The van der Waals surface area contributed by atoms with Crippen LogP contribution >= 0.6 is 11.8 Å². The summed E-state index contributed by atoms with van der Waals surface area (Å²) >= 11 is 1.26. The highest BCUT2D eigenvalue weighted by Gasteiger charge is 2.26. The third kappa shape index (κ3) is 4.71. The van der Waals surface area contributed by atoms with Gasteiger partial charge >= 0.3 is 0 Å². The number of para-hydroxylation sites is 1. The zero-order valence-corrected chi connectivity index (χ0v) is 16.3. The van der Waals surface area contributed by atoms with E-state index in [0.29, 0.717) is 16.9 Å². The molecule has 1 atom stereocenters. The van der Waals surface area contributed by atoms with Crippen LogP contribution in [0.1, 0.15) is 32.5 Å². The van der Waals surface area contributed by atoms with Gasteiger partial charge in [-0.3, -0.25) is 4.79 Å². The summed E-state index contributed by atoms with van der Waals surface area (Å²) < 4.78 is 20.3. The van der Waals surface area contributed by atoms with Gasteiger partial charge < -0.3 is 15.5 Å². The molecule has 7 nitrogen and oxygen atoms in total. The zero-order valence-electron chi connectivity index (χ0n) is 15.5. The number of likely N-dealkylation sites (tertiary alicyclic amines) is 1. The summed E-state index contributed by atoms with van der Waals surface area (Å²) in [6.45, 7) is 5.62. The third-order valence-electron chi connectivity index (χ3n) is 4.65. The molecule has 146 valence electrons. The Labute approximate surface area is 162 Å². The van der Waals surface area contributed by atoms with Gasteiger partial charge in [-0.1, -0.05) is 30.8 Å². The molecule has 2 aromatic rings. The SMILES string of the molecule is CC1CCN(C(=O)C(C)Sc2nnc(COc3ccccc3F)n2N)CC1. The Balaban J connectivity index is 1.58. The molecule has 0 spiro atoms. The fourth-order valence-electron chi connectivity index (χ4n) is 2.88. The number of ether oxygens (including phenoxy) is 1. The highest BCUT2D eigenvalue weighted by atomic mass is 32.2. The lowest BCUT2D eigenvalue weighted by atomic mass is 9.99. The number of thioether (sulfide) groups is 1. The van der Waals surface area contributed by atoms with Gasteiger partial charge in [-0.15, -0.1) is 10.2 Å². The van der Waals surface area contributed by atoms with E-state index in [4.69, 9.17) is 10.6 Å². The lowest BCUT2D eigenvalue weighted by Crippen LogP contribution is -2.41. The van der Waals surface area contributed by atoms with E-state index in [-0.39, 0.29) is 23.5 Å². The van der Waals surface area contributed by atoms with Crippen LogP contribution in [0.15, 0.2) is 29.4 Å². The van der Waals surface area contributed by atoms with Gasteiger partial charge in [0.15, 0.2) is 17.4 Å². The number of benzene rings is 1. The van der Waals surface area contributed by atoms with E-state index in [1.165, 1.54) is 28.6 Å². The Morgan fingerprint density at radius 3 is 2.78 bits per heavy atom. The standard InChI is InChI=1S/C18H24FN5O2S/c1-12-7-9-23(10-8-12)17(25)13(2)27-18-22-21-16(24(18)20)11-26-15-6-4-3-5-14(15)19/h3-6,12-13H,7-11,20H2,1-2H3. The van der Waals surface area contributed by atoms with Crippen molar-refractivity contribution in [2.75, 3.05) is 18.9 Å². The molecule has 1 saturated heterocycles. The minimum Gasteiger partial charge on any atom is -0.482 e. The number of carbonyl (C=O) groups is 1. The normalized spacial score (nSPS) is 16.3. The summed E-state index contributed by atoms with van der Waals surface area (Å²) in [4.78, 5) is 14.5. The van der Waals surface area contributed by atoms with Gasteiger partial charge in [-0.2, -0.15) is 0 Å². The number of hydrogen-bond acceptors (Lipinski definition) is 6. The second-order valence-electron chi connectivity index (χ2n) is 6.76. The Morgan fingerprint density at radius 1 is 1.37 bits per heavy atom. The molecule has 3 rings (SSSR count). The Morgan fingerprint density at radius 2 is 2.07 bits per heavy atom. The van der Waals surface area contributed by atoms with Crippen LogP contribution in [0.2, 0.25) is 0 Å². The van der Waals surface area contributed by atoms with Crippen LogP contribution in [0.25, 0.3) is 0 Å². The molecular formula is C18H24FN5O2S. The molecule has 1 fully saturated rings. The third-order valence-corrected chi connectivity index (χ3v) is 5.70. The number of carbonyl (C=O) groups excluding carboxylic acids is 1. The summed E-state index contributed by atoms with van der Waals surface area (Å²) in [7, 11) is 0. The van der Waals surface area contributed by atoms with E-state index in [1.54, 1.807) is 12.1 Å². The van der Waals surface area contributed by atoms with Gasteiger partial charge in [0.2, 0.25) is 11.1 Å². The number of aromatic nitrogens is 3. The summed E-state index contributed by atoms with van der Waals surface area (Å²) in [5.41, 5.74) is 0. The molecule has 27 heavy (non-hydrogen) atoms. The monoisotopic (exact) mass is 393 g/mol. The van der Waals surface area contributed by atoms with Gasteiger partial charge in [0.25, 0.3) is 0 Å². The maximum absolute atomic E-state index is 13.6. The molecule has 1 amide bonds. The first-order chi connectivity index (χ1) is 13.0. The van der Waals surface area contributed by atoms with Crippen molar-refractivity contribution < 1.29 is 13.9 Å². The van der Waals surface area contributed by atoms with Gasteiger partial charge in [0, 0.05) is 13.1 Å². The van der Waals surface area contributed by atoms with E-state index in [0.717, 1.165) is 25.9 Å². The van der Waals surface area contributed by atoms with E-state index < -0.39 is 5.82 Å². The highest BCUT2D eigenvalue weighted by molar-refractivity contribution is 8.00. The average Bonchev–Trinajstić information content (AvgIpc) is 3.01. The molecule has 2 N–H and O–H groups in total. The van der Waals surface area contributed by atoms with Crippen molar-refractivity contribution in [3.05, 3.63) is 35.9 Å². The van der Waals surface area contributed by atoms with Gasteiger partial charge in [-0.05, 0) is 37.8 Å². The van der Waals surface area contributed by atoms with Crippen molar-refractivity contribution in [1.29, 1.82) is 0 Å². The first-order valence-corrected chi connectivity index (χ1v) is 9.85. The molecule has 1 unspecified atom stereocenters. The number of halogens is 1. The molecule has 1 aromatic heterocycles. The second kappa shape index (κ2) is 8.60. The van der Waals surface area contributed by atoms with Crippen molar-refractivity contribution in [2.45, 2.75) is 43.7 Å². The predicted molar refractivity (Wildman–Crippen MR) is 101 cm³/mol. The topological polar surface area (TPSA) is 86.3 Å². The molecule has 1 aliphatic rings. The minimum absolute atomic E-state index is 0.0165. The van der Waals surface area contributed by atoms with Crippen molar-refractivity contribution in [3.63, 3.8) is 0 Å². The summed E-state index contributed by atoms with van der Waals surface area (Å²) in [6, 6.07) is 6.12. The van der Waals surface area contributed by atoms with Crippen molar-refractivity contribution in [3.8, 4) is 5.75 Å². The van der Waals surface area contributed by atoms with Crippen LogP contribution in [0.3, 0.4) is 0 Å². The summed E-state index contributed by atoms with van der Waals surface area (Å²) in [5, 5.41) is 8.14. The van der Waals surface area contributed by atoms with Crippen LogP contribution < -0.4 is 10.6 Å². The van der Waals surface area contributed by atoms with Crippen LogP contribution in [0.4, 0.5) is 4.39 Å². The quantitative estimate of drug-likeness (QED) is 0.599. The minimum atomic E-state index is -0.453. The smallest absolute Gasteiger partial charge is 0.235 e. The van der Waals surface area contributed by atoms with Crippen molar-refractivity contribution in [1.82, 2.24) is 19.8 Å². The second-order valence-corrected chi connectivity index (χ2v) is 8.06. The molecule has 0 aliphatic carbocycles. The number of nitrogens with two attached hydrogens (primary N) is 1. The Bertz CT molecular complexity index is 792. The summed E-state index contributed by atoms with van der Waals surface area (Å²) in [5.74, 6) is 6.80. The van der Waals surface area contributed by atoms with E-state index in [1.807, 2.05) is 11.8 Å². The lowest BCUT2D eigenvalue weighted by molar-refractivity contribution is -0.131. The van der Waals surface area contributed by atoms with Crippen molar-refractivity contribution in [2.24, 2.45) is 5.92 Å². The van der Waals surface area contributed by atoms with Crippen LogP contribution in [0.5, 0.6) is 5.75 Å². The highest BCUT2D eigenvalue weighted by Crippen LogP contribution is 2.25. The van der Waals surface area contributed by atoms with Gasteiger partial charge in [-0.25, -0.2) is 9.07 Å². The molecule has 0 saturated carbocycles. The van der Waals surface area contributed by atoms with Crippen LogP contribution in [-0.4, -0.2) is 44.0 Å². The number of nitrogens with zero attached hydrogens (tertiary/aromatic N) is 4. The fraction of sp³-hybridized carbons (Fsp3) is 0.500. The fourth-order valence-corrected chi connectivity index (χ4v) is 3.76. The largest absolute Gasteiger partial charge is 0.482 e. The Kier molecular flexibility index (Phi) is 6.20. The Hall–Kier alpha value is -2.29. The number of amides is 1. The van der Waals surface area contributed by atoms with E-state index >= 15 is 0 Å². The zero-order chi connectivity index (χ0) is 19.4. The first-order valence-electron chi connectivity index (χ1n) is 8.98. The summed E-state index contributed by atoms with van der Waals surface area (Å²) in [6.07, 6.45) is 2.07. The molecular weight excluding hydrogens is 369 g/mol. The first kappa shape index (κ1) is 19.5. The molecule has 1 aromatic carbocycles. The number of piperidine rings is 1. The molecule has 0 bridgehead atoms. The number of rotatable bonds is 6. The average molecular weight is 393 g/mol. The molecule has 9 heteroatoms. The van der Waals surface area contributed by atoms with E-state index in [2.05, 4.69) is 17.1 Å². The van der Waals surface area contributed by atoms with Gasteiger partial charge in [0.05, 0.1) is 5.25 Å². The van der Waals surface area contributed by atoms with Crippen LogP contribution in [0, 0.1) is 11.7 Å².